The zero-order valence-electron chi connectivity index (χ0n) is 18.0. The van der Waals surface area contributed by atoms with Crippen LogP contribution in [-0.4, -0.2) is 37.1 Å². The zero-order valence-corrected chi connectivity index (χ0v) is 18.0. The van der Waals surface area contributed by atoms with Gasteiger partial charge in [0, 0.05) is 24.4 Å². The van der Waals surface area contributed by atoms with Crippen LogP contribution in [-0.2, 0) is 14.3 Å². The number of hydrogen-bond acceptors (Lipinski definition) is 6. The molecule has 2 aromatic rings. The fourth-order valence-electron chi connectivity index (χ4n) is 3.46. The molecule has 0 radical (unpaired) electrons. The lowest BCUT2D eigenvalue weighted by Gasteiger charge is -2.25. The maximum Gasteiger partial charge on any atom is 0.414 e. The van der Waals surface area contributed by atoms with Crippen LogP contribution in [0.15, 0.2) is 34.9 Å². The van der Waals surface area contributed by atoms with Crippen molar-refractivity contribution in [3.63, 3.8) is 0 Å². The van der Waals surface area contributed by atoms with Crippen molar-refractivity contribution in [3.05, 3.63) is 53.0 Å². The predicted molar refractivity (Wildman–Crippen MR) is 111 cm³/mol. The summed E-state index contributed by atoms with van der Waals surface area (Å²) in [5, 5.41) is 0. The molecule has 1 aromatic heterocycles. The first-order valence-electron chi connectivity index (χ1n) is 9.88. The van der Waals surface area contributed by atoms with E-state index in [0.717, 1.165) is 22.4 Å². The number of rotatable bonds is 5. The highest BCUT2D eigenvalue weighted by Crippen LogP contribution is 2.42. The van der Waals surface area contributed by atoms with Crippen LogP contribution in [0.2, 0.25) is 0 Å². The Labute approximate surface area is 175 Å². The second kappa shape index (κ2) is 8.34. The van der Waals surface area contributed by atoms with Crippen molar-refractivity contribution in [2.75, 3.05) is 18.6 Å². The first-order chi connectivity index (χ1) is 14.1. The molecule has 1 amide bonds. The standard InChI is InChI=1S/C23H27NO6/c1-14-6-7-16-17(12-24(18(16)10-14)22(27)30-23(2,3)4)15-11-20(29-13-15)19(25)8-9-21(26)28-5/h6-7,10-11,13,17H,8-9,12H2,1-5H3. The van der Waals surface area contributed by atoms with Gasteiger partial charge in [0.05, 0.1) is 25.5 Å². The van der Waals surface area contributed by atoms with Gasteiger partial charge in [0.1, 0.15) is 5.60 Å². The molecule has 0 N–H and O–H groups in total. The van der Waals surface area contributed by atoms with E-state index in [0.29, 0.717) is 6.54 Å². The number of aryl methyl sites for hydroxylation is 1. The van der Waals surface area contributed by atoms with E-state index < -0.39 is 17.7 Å². The molecule has 0 saturated heterocycles. The van der Waals surface area contributed by atoms with E-state index in [-0.39, 0.29) is 30.3 Å². The van der Waals surface area contributed by atoms with Crippen LogP contribution in [0.4, 0.5) is 10.5 Å². The van der Waals surface area contributed by atoms with Gasteiger partial charge in [-0.1, -0.05) is 12.1 Å². The first kappa shape index (κ1) is 21.6. The summed E-state index contributed by atoms with van der Waals surface area (Å²) in [6, 6.07) is 7.63. The SMILES string of the molecule is COC(=O)CCC(=O)c1cc(C2CN(C(=O)OC(C)(C)C)c3cc(C)ccc32)co1. The summed E-state index contributed by atoms with van der Waals surface area (Å²) in [5.41, 5.74) is 3.00. The molecule has 0 spiro atoms. The third-order valence-electron chi connectivity index (χ3n) is 4.91. The molecule has 7 heteroatoms. The maximum absolute atomic E-state index is 12.8. The molecule has 7 nitrogen and oxygen atoms in total. The Kier molecular flexibility index (Phi) is 6.01. The normalized spacial score (nSPS) is 15.6. The number of benzene rings is 1. The van der Waals surface area contributed by atoms with Crippen LogP contribution >= 0.6 is 0 Å². The molecule has 1 aliphatic heterocycles. The maximum atomic E-state index is 12.8. The van der Waals surface area contributed by atoms with E-state index >= 15 is 0 Å². The van der Waals surface area contributed by atoms with Crippen LogP contribution in [0.5, 0.6) is 0 Å². The van der Waals surface area contributed by atoms with Crippen LogP contribution in [0.25, 0.3) is 0 Å². The lowest BCUT2D eigenvalue weighted by atomic mass is 9.94. The Bertz CT molecular complexity index is 968. The molecule has 0 bridgehead atoms. The third-order valence-corrected chi connectivity index (χ3v) is 4.91. The molecule has 3 rings (SSSR count). The van der Waals surface area contributed by atoms with Gasteiger partial charge in [-0.25, -0.2) is 4.79 Å². The highest BCUT2D eigenvalue weighted by Gasteiger charge is 2.36. The number of amides is 1. The summed E-state index contributed by atoms with van der Waals surface area (Å²) in [7, 11) is 1.29. The summed E-state index contributed by atoms with van der Waals surface area (Å²) < 4.78 is 15.6. The Morgan fingerprint density at radius 2 is 1.90 bits per heavy atom. The molecule has 2 heterocycles. The summed E-state index contributed by atoms with van der Waals surface area (Å²) in [4.78, 5) is 38.0. The minimum absolute atomic E-state index is 0.00330. The summed E-state index contributed by atoms with van der Waals surface area (Å²) >= 11 is 0. The molecular formula is C23H27NO6. The van der Waals surface area contributed by atoms with Crippen molar-refractivity contribution < 1.29 is 28.3 Å². The van der Waals surface area contributed by atoms with Crippen molar-refractivity contribution in [1.82, 2.24) is 0 Å². The second-order valence-electron chi connectivity index (χ2n) is 8.45. The van der Waals surface area contributed by atoms with Crippen LogP contribution in [0.1, 0.15) is 66.8 Å². The summed E-state index contributed by atoms with van der Waals surface area (Å²) in [5.74, 6) is -0.654. The number of carbonyl (C=O) groups is 3. The van der Waals surface area contributed by atoms with Crippen molar-refractivity contribution >= 4 is 23.5 Å². The van der Waals surface area contributed by atoms with E-state index in [1.807, 2.05) is 45.9 Å². The Balaban J connectivity index is 1.84. The predicted octanol–water partition coefficient (Wildman–Crippen LogP) is 4.61. The Morgan fingerprint density at radius 3 is 2.57 bits per heavy atom. The number of anilines is 1. The average Bonchev–Trinajstić information content (AvgIpc) is 3.28. The lowest BCUT2D eigenvalue weighted by molar-refractivity contribution is -0.140. The smallest absolute Gasteiger partial charge is 0.414 e. The quantitative estimate of drug-likeness (QED) is 0.526. The van der Waals surface area contributed by atoms with Crippen LogP contribution < -0.4 is 4.90 Å². The molecule has 1 aliphatic rings. The summed E-state index contributed by atoms with van der Waals surface area (Å²) in [6.45, 7) is 7.85. The number of esters is 1. The van der Waals surface area contributed by atoms with Crippen LogP contribution in [0, 0.1) is 6.92 Å². The highest BCUT2D eigenvalue weighted by atomic mass is 16.6. The minimum Gasteiger partial charge on any atom is -0.469 e. The molecule has 0 fully saturated rings. The average molecular weight is 413 g/mol. The van der Waals surface area contributed by atoms with Gasteiger partial charge in [0.25, 0.3) is 0 Å². The number of ketones is 1. The van der Waals surface area contributed by atoms with Crippen molar-refractivity contribution in [2.45, 2.75) is 52.1 Å². The fraction of sp³-hybridized carbons (Fsp3) is 0.435. The molecule has 160 valence electrons. The number of Topliss-reactive ketones (excluding diaryl/α,β-unsaturated/α-hetero) is 1. The first-order valence-corrected chi connectivity index (χ1v) is 9.88. The van der Waals surface area contributed by atoms with E-state index in [9.17, 15) is 14.4 Å². The van der Waals surface area contributed by atoms with Gasteiger partial charge in [-0.3, -0.25) is 14.5 Å². The monoisotopic (exact) mass is 413 g/mol. The van der Waals surface area contributed by atoms with Gasteiger partial charge in [-0.15, -0.1) is 0 Å². The van der Waals surface area contributed by atoms with Gasteiger partial charge in [-0.05, 0) is 51.0 Å². The number of nitrogens with zero attached hydrogens (tertiary/aromatic N) is 1. The lowest BCUT2D eigenvalue weighted by Crippen LogP contribution is -2.36. The molecule has 0 aliphatic carbocycles. The Morgan fingerprint density at radius 1 is 1.17 bits per heavy atom. The largest absolute Gasteiger partial charge is 0.469 e. The topological polar surface area (TPSA) is 86.1 Å². The van der Waals surface area contributed by atoms with Gasteiger partial charge in [0.15, 0.2) is 11.5 Å². The third kappa shape index (κ3) is 4.72. The number of ether oxygens (including phenoxy) is 2. The fourth-order valence-corrected chi connectivity index (χ4v) is 3.46. The highest BCUT2D eigenvalue weighted by molar-refractivity contribution is 5.95. The molecule has 30 heavy (non-hydrogen) atoms. The van der Waals surface area contributed by atoms with Crippen molar-refractivity contribution in [3.8, 4) is 0 Å². The Hall–Kier alpha value is -3.09. The molecule has 1 atom stereocenters. The number of hydrogen-bond donors (Lipinski definition) is 0. The second-order valence-corrected chi connectivity index (χ2v) is 8.45. The van der Waals surface area contributed by atoms with Gasteiger partial charge < -0.3 is 13.9 Å². The number of methoxy groups -OCH3 is 1. The van der Waals surface area contributed by atoms with Crippen LogP contribution in [0.3, 0.4) is 0 Å². The van der Waals surface area contributed by atoms with Crippen molar-refractivity contribution in [1.29, 1.82) is 0 Å². The van der Waals surface area contributed by atoms with Gasteiger partial charge >= 0.3 is 12.1 Å². The molecular weight excluding hydrogens is 386 g/mol. The van der Waals surface area contributed by atoms with Crippen molar-refractivity contribution in [2.24, 2.45) is 0 Å². The number of furan rings is 1. The summed E-state index contributed by atoms with van der Waals surface area (Å²) in [6.07, 6.45) is 1.15. The van der Waals surface area contributed by atoms with E-state index in [2.05, 4.69) is 4.74 Å². The van der Waals surface area contributed by atoms with Gasteiger partial charge in [0.2, 0.25) is 0 Å². The number of carbonyl (C=O) groups excluding carboxylic acids is 3. The van der Waals surface area contributed by atoms with Gasteiger partial charge in [-0.2, -0.15) is 0 Å². The zero-order chi connectivity index (χ0) is 22.1. The molecule has 0 saturated carbocycles. The number of fused-ring (bicyclic) bond motifs is 1. The minimum atomic E-state index is -0.603. The van der Waals surface area contributed by atoms with E-state index in [1.54, 1.807) is 11.0 Å². The molecule has 1 unspecified atom stereocenters. The molecule has 1 aromatic carbocycles. The van der Waals surface area contributed by atoms with E-state index in [1.165, 1.54) is 13.4 Å². The van der Waals surface area contributed by atoms with E-state index in [4.69, 9.17) is 9.15 Å².